The third kappa shape index (κ3) is 2.77. The van der Waals surface area contributed by atoms with Crippen LogP contribution in [0.3, 0.4) is 0 Å². The Labute approximate surface area is 101 Å². The molecule has 3 unspecified atom stereocenters. The highest BCUT2D eigenvalue weighted by molar-refractivity contribution is 7.58. The minimum Gasteiger partial charge on any atom is -0.480 e. The van der Waals surface area contributed by atoms with Gasteiger partial charge in [-0.05, 0) is 18.3 Å². The summed E-state index contributed by atoms with van der Waals surface area (Å²) in [6, 6.07) is 0. The summed E-state index contributed by atoms with van der Waals surface area (Å²) >= 11 is 0. The third-order valence-electron chi connectivity index (χ3n) is 3.23. The van der Waals surface area contributed by atoms with Gasteiger partial charge in [-0.1, -0.05) is 13.8 Å². The Morgan fingerprint density at radius 3 is 2.12 bits per heavy atom. The second kappa shape index (κ2) is 4.30. The van der Waals surface area contributed by atoms with Crippen molar-refractivity contribution in [3.05, 3.63) is 0 Å². The largest absolute Gasteiger partial charge is 0.480 e. The first-order chi connectivity index (χ1) is 6.49. The van der Waals surface area contributed by atoms with Crippen molar-refractivity contribution in [3.63, 3.8) is 0 Å². The van der Waals surface area contributed by atoms with Gasteiger partial charge in [-0.15, -0.1) is 12.4 Å². The molecule has 1 aliphatic carbocycles. The molecule has 0 saturated heterocycles. The van der Waals surface area contributed by atoms with E-state index in [0.717, 1.165) is 0 Å². The minimum absolute atomic E-state index is 0. The number of halogens is 1. The Balaban J connectivity index is 0.00000225. The van der Waals surface area contributed by atoms with E-state index in [2.05, 4.69) is 0 Å². The van der Waals surface area contributed by atoms with Gasteiger partial charge in [0, 0.05) is 12.3 Å². The van der Waals surface area contributed by atoms with Gasteiger partial charge in [0.25, 0.3) is 0 Å². The fraction of sp³-hybridized carbons (Fsp3) is 0.889. The Morgan fingerprint density at radius 1 is 1.50 bits per heavy atom. The van der Waals surface area contributed by atoms with Crippen LogP contribution in [0.15, 0.2) is 0 Å². The van der Waals surface area contributed by atoms with Crippen LogP contribution in [0.25, 0.3) is 0 Å². The summed E-state index contributed by atoms with van der Waals surface area (Å²) in [7, 11) is -3.30. The maximum Gasteiger partial charge on any atom is 0.323 e. The SMILES string of the molecule is CC1(C)CC(N)(C(=O)O)CC1P(C)(=O)O.Cl. The van der Waals surface area contributed by atoms with Gasteiger partial charge >= 0.3 is 5.97 Å². The predicted molar refractivity (Wildman–Crippen MR) is 64.4 cm³/mol. The number of nitrogens with two attached hydrogens (primary N) is 1. The van der Waals surface area contributed by atoms with Crippen LogP contribution in [-0.4, -0.2) is 33.8 Å². The summed E-state index contributed by atoms with van der Waals surface area (Å²) in [5, 5.41) is 8.99. The van der Waals surface area contributed by atoms with Crippen LogP contribution in [0.2, 0.25) is 0 Å². The molecular formula is C9H19ClNO4P. The second-order valence-electron chi connectivity index (χ2n) is 5.29. The van der Waals surface area contributed by atoms with Gasteiger partial charge in [0.05, 0.1) is 0 Å². The lowest BCUT2D eigenvalue weighted by Gasteiger charge is -2.28. The van der Waals surface area contributed by atoms with E-state index in [1.807, 2.05) is 0 Å². The minimum atomic E-state index is -3.30. The molecule has 1 saturated carbocycles. The Bertz CT molecular complexity index is 340. The van der Waals surface area contributed by atoms with Crippen molar-refractivity contribution >= 4 is 25.7 Å². The number of carboxylic acids is 1. The molecule has 1 aliphatic rings. The van der Waals surface area contributed by atoms with Crippen molar-refractivity contribution in [2.24, 2.45) is 11.1 Å². The zero-order valence-corrected chi connectivity index (χ0v) is 11.3. The second-order valence-corrected chi connectivity index (χ2v) is 7.80. The molecule has 0 aromatic rings. The number of carbonyl (C=O) groups is 1. The van der Waals surface area contributed by atoms with Crippen molar-refractivity contribution in [2.75, 3.05) is 6.66 Å². The van der Waals surface area contributed by atoms with E-state index in [0.29, 0.717) is 0 Å². The maximum absolute atomic E-state index is 11.6. The van der Waals surface area contributed by atoms with E-state index < -0.39 is 30.0 Å². The van der Waals surface area contributed by atoms with Gasteiger partial charge in [0.2, 0.25) is 7.37 Å². The molecule has 0 heterocycles. The lowest BCUT2D eigenvalue weighted by Crippen LogP contribution is -2.46. The summed E-state index contributed by atoms with van der Waals surface area (Å²) in [6.07, 6.45) is 0.304. The van der Waals surface area contributed by atoms with Crippen LogP contribution < -0.4 is 5.73 Å². The molecule has 0 radical (unpaired) electrons. The highest BCUT2D eigenvalue weighted by Gasteiger charge is 2.56. The zero-order valence-electron chi connectivity index (χ0n) is 9.64. The summed E-state index contributed by atoms with van der Waals surface area (Å²) in [4.78, 5) is 20.6. The monoisotopic (exact) mass is 271 g/mol. The fourth-order valence-electron chi connectivity index (χ4n) is 2.61. The average molecular weight is 272 g/mol. The van der Waals surface area contributed by atoms with Crippen molar-refractivity contribution in [1.82, 2.24) is 0 Å². The first kappa shape index (κ1) is 15.9. The summed E-state index contributed by atoms with van der Waals surface area (Å²) in [5.74, 6) is -1.09. The van der Waals surface area contributed by atoms with Crippen LogP contribution in [0.1, 0.15) is 26.7 Å². The first-order valence-corrected chi connectivity index (χ1v) is 6.99. The van der Waals surface area contributed by atoms with E-state index in [1.165, 1.54) is 6.66 Å². The van der Waals surface area contributed by atoms with Gasteiger partial charge in [0.15, 0.2) is 0 Å². The number of hydrogen-bond donors (Lipinski definition) is 3. The molecule has 0 spiro atoms. The normalized spacial score (nSPS) is 36.2. The molecule has 0 aliphatic heterocycles. The van der Waals surface area contributed by atoms with Gasteiger partial charge in [-0.3, -0.25) is 9.36 Å². The fourth-order valence-corrected chi connectivity index (χ4v) is 4.66. The lowest BCUT2D eigenvalue weighted by molar-refractivity contribution is -0.143. The highest BCUT2D eigenvalue weighted by atomic mass is 35.5. The van der Waals surface area contributed by atoms with E-state index in [-0.39, 0.29) is 25.2 Å². The van der Waals surface area contributed by atoms with Gasteiger partial charge in [0.1, 0.15) is 5.54 Å². The molecule has 0 bridgehead atoms. The van der Waals surface area contributed by atoms with Crippen LogP contribution in [0.5, 0.6) is 0 Å². The predicted octanol–water partition coefficient (Wildman–Crippen LogP) is 1.28. The number of aliphatic carboxylic acids is 1. The molecule has 96 valence electrons. The molecule has 1 rings (SSSR count). The summed E-state index contributed by atoms with van der Waals surface area (Å²) < 4.78 is 11.6. The molecule has 1 fully saturated rings. The molecule has 0 aromatic carbocycles. The molecule has 16 heavy (non-hydrogen) atoms. The standard InChI is InChI=1S/C9H18NO4P.ClH/c1-8(2)5-9(10,7(11)12)4-6(8)15(3,13)14;/h6H,4-5,10H2,1-3H3,(H,11,12)(H,13,14);1H. The molecule has 4 N–H and O–H groups in total. The Morgan fingerprint density at radius 2 is 1.94 bits per heavy atom. The number of rotatable bonds is 2. The van der Waals surface area contributed by atoms with Crippen LogP contribution in [0, 0.1) is 5.41 Å². The van der Waals surface area contributed by atoms with Gasteiger partial charge < -0.3 is 15.7 Å². The molecule has 7 heteroatoms. The Kier molecular flexibility index (Phi) is 4.27. The Hall–Kier alpha value is -0.0900. The summed E-state index contributed by atoms with van der Waals surface area (Å²) in [5.41, 5.74) is 3.33. The lowest BCUT2D eigenvalue weighted by atomic mass is 9.88. The van der Waals surface area contributed by atoms with Crippen LogP contribution >= 0.6 is 19.8 Å². The maximum atomic E-state index is 11.6. The summed E-state index contributed by atoms with van der Waals surface area (Å²) in [6.45, 7) is 4.86. The first-order valence-electron chi connectivity index (χ1n) is 4.81. The van der Waals surface area contributed by atoms with E-state index >= 15 is 0 Å². The smallest absolute Gasteiger partial charge is 0.323 e. The van der Waals surface area contributed by atoms with Crippen molar-refractivity contribution < 1.29 is 19.4 Å². The van der Waals surface area contributed by atoms with Gasteiger partial charge in [-0.2, -0.15) is 0 Å². The van der Waals surface area contributed by atoms with Crippen molar-refractivity contribution in [1.29, 1.82) is 0 Å². The molecule has 0 aromatic heterocycles. The third-order valence-corrected chi connectivity index (χ3v) is 5.27. The van der Waals surface area contributed by atoms with E-state index in [4.69, 9.17) is 10.8 Å². The highest BCUT2D eigenvalue weighted by Crippen LogP contribution is 2.59. The van der Waals surface area contributed by atoms with E-state index in [9.17, 15) is 14.3 Å². The quantitative estimate of drug-likeness (QED) is 0.657. The van der Waals surface area contributed by atoms with Crippen LogP contribution in [-0.2, 0) is 9.36 Å². The molecular weight excluding hydrogens is 253 g/mol. The van der Waals surface area contributed by atoms with Crippen molar-refractivity contribution in [3.8, 4) is 0 Å². The average Bonchev–Trinajstić information content (AvgIpc) is 2.21. The van der Waals surface area contributed by atoms with Gasteiger partial charge in [-0.25, -0.2) is 0 Å². The van der Waals surface area contributed by atoms with Crippen molar-refractivity contribution in [2.45, 2.75) is 37.9 Å². The molecule has 3 atom stereocenters. The number of carboxylic acid groups (broad SMARTS) is 1. The topological polar surface area (TPSA) is 101 Å². The van der Waals surface area contributed by atoms with Crippen LogP contribution in [0.4, 0.5) is 0 Å². The van der Waals surface area contributed by atoms with E-state index in [1.54, 1.807) is 13.8 Å². The molecule has 5 nitrogen and oxygen atoms in total. The molecule has 0 amide bonds. The zero-order chi connectivity index (χ0) is 12.1. The number of hydrogen-bond acceptors (Lipinski definition) is 3.